The van der Waals surface area contributed by atoms with E-state index in [9.17, 15) is 4.79 Å². The van der Waals surface area contributed by atoms with Crippen LogP contribution < -0.4 is 0 Å². The molecule has 30 heavy (non-hydrogen) atoms. The second-order valence-electron chi connectivity index (χ2n) is 13.2. The van der Waals surface area contributed by atoms with Gasteiger partial charge in [-0.05, 0) is 91.7 Å². The molecule has 3 saturated carbocycles. The van der Waals surface area contributed by atoms with Gasteiger partial charge >= 0.3 is 0 Å². The zero-order chi connectivity index (χ0) is 22.1. The summed E-state index contributed by atoms with van der Waals surface area (Å²) >= 11 is 0. The predicted octanol–water partition coefficient (Wildman–Crippen LogP) is 7.54. The molecule has 2 nitrogen and oxygen atoms in total. The Bertz CT molecular complexity index is 732. The fourth-order valence-corrected chi connectivity index (χ4v) is 9.30. The van der Waals surface area contributed by atoms with Crippen LogP contribution in [0.25, 0.3) is 0 Å². The largest absolute Gasteiger partial charge is 0.414 e. The highest BCUT2D eigenvalue weighted by Crippen LogP contribution is 2.66. The van der Waals surface area contributed by atoms with Gasteiger partial charge in [-0.25, -0.2) is 0 Å². The average Bonchev–Trinajstić information content (AvgIpc) is 2.90. The maximum atomic E-state index is 12.8. The summed E-state index contributed by atoms with van der Waals surface area (Å²) in [7, 11) is -1.72. The van der Waals surface area contributed by atoms with Crippen LogP contribution in [0.1, 0.15) is 92.9 Å². The fraction of sp³-hybridized carbons (Fsp3) is 0.889. The molecule has 0 aromatic carbocycles. The Kier molecular flexibility index (Phi) is 5.54. The van der Waals surface area contributed by atoms with Crippen LogP contribution in [0.5, 0.6) is 0 Å². The highest BCUT2D eigenvalue weighted by atomic mass is 28.4. The third kappa shape index (κ3) is 3.32. The Labute approximate surface area is 186 Å². The molecule has 0 amide bonds. The molecule has 0 N–H and O–H groups in total. The first-order valence-electron chi connectivity index (χ1n) is 12.7. The number of hydrogen-bond donors (Lipinski definition) is 0. The Morgan fingerprint density at radius 1 is 1.10 bits per heavy atom. The molecule has 4 aliphatic carbocycles. The minimum absolute atomic E-state index is 0.261. The minimum Gasteiger partial charge on any atom is -0.414 e. The molecule has 7 atom stereocenters. The molecular formula is C27H46O2Si. The number of fused-ring (bicyclic) bond motifs is 5. The lowest BCUT2D eigenvalue weighted by molar-refractivity contribution is -0.122. The van der Waals surface area contributed by atoms with Gasteiger partial charge in [-0.3, -0.25) is 4.79 Å². The van der Waals surface area contributed by atoms with Gasteiger partial charge in [-0.2, -0.15) is 0 Å². The van der Waals surface area contributed by atoms with Crippen LogP contribution in [0.2, 0.25) is 18.1 Å². The molecule has 0 aliphatic heterocycles. The van der Waals surface area contributed by atoms with Crippen molar-refractivity contribution in [3.63, 3.8) is 0 Å². The van der Waals surface area contributed by atoms with Crippen LogP contribution in [0.3, 0.4) is 0 Å². The van der Waals surface area contributed by atoms with E-state index in [1.807, 2.05) is 0 Å². The molecule has 3 heteroatoms. The highest BCUT2D eigenvalue weighted by Gasteiger charge is 2.60. The van der Waals surface area contributed by atoms with Crippen LogP contribution in [0.15, 0.2) is 11.6 Å². The van der Waals surface area contributed by atoms with Gasteiger partial charge in [-0.15, -0.1) is 0 Å². The summed E-state index contributed by atoms with van der Waals surface area (Å²) in [5.41, 5.74) is 2.29. The molecule has 3 fully saturated rings. The zero-order valence-electron chi connectivity index (χ0n) is 20.9. The van der Waals surface area contributed by atoms with Gasteiger partial charge in [0.15, 0.2) is 8.32 Å². The van der Waals surface area contributed by atoms with Gasteiger partial charge in [-0.1, -0.05) is 53.2 Å². The van der Waals surface area contributed by atoms with Crippen molar-refractivity contribution >= 4 is 14.1 Å². The van der Waals surface area contributed by atoms with E-state index in [1.54, 1.807) is 5.57 Å². The van der Waals surface area contributed by atoms with Crippen molar-refractivity contribution in [3.05, 3.63) is 11.6 Å². The van der Waals surface area contributed by atoms with E-state index in [1.165, 1.54) is 32.1 Å². The molecule has 0 aromatic heterocycles. The molecule has 0 spiro atoms. The molecule has 170 valence electrons. The van der Waals surface area contributed by atoms with Crippen LogP contribution >= 0.6 is 0 Å². The second kappa shape index (κ2) is 7.30. The predicted molar refractivity (Wildman–Crippen MR) is 128 cm³/mol. The summed E-state index contributed by atoms with van der Waals surface area (Å²) in [6.45, 7) is 19.1. The highest BCUT2D eigenvalue weighted by molar-refractivity contribution is 6.74. The molecule has 0 saturated heterocycles. The van der Waals surface area contributed by atoms with Gasteiger partial charge in [0, 0.05) is 18.4 Å². The molecule has 0 radical (unpaired) electrons. The molecule has 4 aliphatic rings. The molecule has 0 aromatic rings. The van der Waals surface area contributed by atoms with E-state index >= 15 is 0 Å². The Hall–Kier alpha value is -0.413. The summed E-state index contributed by atoms with van der Waals surface area (Å²) in [6, 6.07) is 0. The van der Waals surface area contributed by atoms with Crippen molar-refractivity contribution in [1.82, 2.24) is 0 Å². The molecule has 0 unspecified atom stereocenters. The van der Waals surface area contributed by atoms with Crippen molar-refractivity contribution < 1.29 is 9.22 Å². The van der Waals surface area contributed by atoms with Gasteiger partial charge in [0.2, 0.25) is 0 Å². The summed E-state index contributed by atoms with van der Waals surface area (Å²) in [5.74, 6) is 2.99. The lowest BCUT2D eigenvalue weighted by Crippen LogP contribution is -2.51. The van der Waals surface area contributed by atoms with Gasteiger partial charge in [0.1, 0.15) is 5.78 Å². The van der Waals surface area contributed by atoms with Crippen molar-refractivity contribution in [2.24, 2.45) is 34.5 Å². The molecule has 0 heterocycles. The Morgan fingerprint density at radius 3 is 2.43 bits per heavy atom. The van der Waals surface area contributed by atoms with Crippen LogP contribution in [-0.2, 0) is 9.22 Å². The maximum absolute atomic E-state index is 12.8. The number of carbonyl (C=O) groups excluding carboxylic acids is 1. The summed E-state index contributed by atoms with van der Waals surface area (Å²) in [6.07, 6.45) is 12.3. The third-order valence-electron chi connectivity index (χ3n) is 10.8. The standard InChI is InChI=1S/C27H46O2Si/c1-9-21-24(28)17-23-20-11-10-18-16-19(29-30(7,8)25(2,3)4)12-14-26(18,5)22(20)13-15-27(21,23)6/h10,19-23H,9,11-17H2,1-8H3/t19-,20+,21-,22-,23-,26-,27+/m0/s1. The topological polar surface area (TPSA) is 26.3 Å². The number of Topliss-reactive ketones (excluding diaryl/α,β-unsaturated/α-hetero) is 1. The van der Waals surface area contributed by atoms with Crippen molar-refractivity contribution in [2.45, 2.75) is 117 Å². The first-order valence-corrected chi connectivity index (χ1v) is 15.6. The third-order valence-corrected chi connectivity index (χ3v) is 15.3. The van der Waals surface area contributed by atoms with E-state index in [2.05, 4.69) is 60.7 Å². The minimum atomic E-state index is -1.72. The van der Waals surface area contributed by atoms with E-state index in [0.29, 0.717) is 29.1 Å². The van der Waals surface area contributed by atoms with Crippen LogP contribution in [0.4, 0.5) is 0 Å². The monoisotopic (exact) mass is 430 g/mol. The SMILES string of the molecule is CC[C@H]1C(=O)C[C@H]2[C@@H]3CC=C4C[C@@H](O[Si](C)(C)C(C)(C)C)CC[C@]4(C)[C@H]3CC[C@]12C. The lowest BCUT2D eigenvalue weighted by Gasteiger charge is -2.58. The van der Waals surface area contributed by atoms with E-state index in [4.69, 9.17) is 4.43 Å². The number of hydrogen-bond acceptors (Lipinski definition) is 2. The van der Waals surface area contributed by atoms with Crippen LogP contribution in [0, 0.1) is 34.5 Å². The summed E-state index contributed by atoms with van der Waals surface area (Å²) < 4.78 is 6.85. The van der Waals surface area contributed by atoms with Crippen LogP contribution in [-0.4, -0.2) is 20.2 Å². The van der Waals surface area contributed by atoms with Crippen molar-refractivity contribution in [3.8, 4) is 0 Å². The first kappa shape index (κ1) is 22.8. The van der Waals surface area contributed by atoms with Gasteiger partial charge in [0.25, 0.3) is 0 Å². The number of rotatable bonds is 3. The van der Waals surface area contributed by atoms with Gasteiger partial charge in [0.05, 0.1) is 0 Å². The number of carbonyl (C=O) groups is 1. The lowest BCUT2D eigenvalue weighted by atomic mass is 9.47. The average molecular weight is 431 g/mol. The normalized spacial score (nSPS) is 44.2. The van der Waals surface area contributed by atoms with E-state index in [0.717, 1.165) is 31.1 Å². The molecule has 0 bridgehead atoms. The quantitative estimate of drug-likeness (QED) is 0.341. The van der Waals surface area contributed by atoms with E-state index < -0.39 is 8.32 Å². The Balaban J connectivity index is 1.54. The Morgan fingerprint density at radius 2 is 1.80 bits per heavy atom. The number of ketones is 1. The molecule has 4 rings (SSSR count). The first-order chi connectivity index (χ1) is 13.8. The second-order valence-corrected chi connectivity index (χ2v) is 17.9. The van der Waals surface area contributed by atoms with Gasteiger partial charge < -0.3 is 4.43 Å². The fourth-order valence-electron chi connectivity index (χ4n) is 7.91. The molecular weight excluding hydrogens is 384 g/mol. The number of allylic oxidation sites excluding steroid dienone is 1. The zero-order valence-corrected chi connectivity index (χ0v) is 21.9. The van der Waals surface area contributed by atoms with Crippen molar-refractivity contribution in [1.29, 1.82) is 0 Å². The summed E-state index contributed by atoms with van der Waals surface area (Å²) in [5, 5.41) is 0.276. The maximum Gasteiger partial charge on any atom is 0.192 e. The smallest absolute Gasteiger partial charge is 0.192 e. The van der Waals surface area contributed by atoms with Crippen molar-refractivity contribution in [2.75, 3.05) is 0 Å². The van der Waals surface area contributed by atoms with E-state index in [-0.39, 0.29) is 10.5 Å². The summed E-state index contributed by atoms with van der Waals surface area (Å²) in [4.78, 5) is 12.8.